The molecule has 7 heteroatoms. The number of nitrogens with zero attached hydrogens (tertiary/aromatic N) is 5. The first kappa shape index (κ1) is 20.5. The molecule has 2 aromatic heterocycles. The minimum absolute atomic E-state index is 0.0422. The minimum atomic E-state index is -0.0422. The van der Waals surface area contributed by atoms with Crippen molar-refractivity contribution >= 4 is 32.6 Å². The number of carbonyl (C=O) groups is 1. The molecule has 0 bridgehead atoms. The molecule has 2 heterocycles. The molecule has 0 aliphatic rings. The van der Waals surface area contributed by atoms with E-state index in [0.29, 0.717) is 12.2 Å². The Balaban J connectivity index is 1.99. The van der Waals surface area contributed by atoms with Crippen LogP contribution in [0.5, 0.6) is 0 Å². The van der Waals surface area contributed by atoms with Crippen molar-refractivity contribution in [2.45, 2.75) is 34.1 Å². The van der Waals surface area contributed by atoms with Crippen LogP contribution >= 0.6 is 11.3 Å². The summed E-state index contributed by atoms with van der Waals surface area (Å²) < 4.78 is 2.78. The van der Waals surface area contributed by atoms with Gasteiger partial charge >= 0.3 is 0 Å². The van der Waals surface area contributed by atoms with Gasteiger partial charge in [0.15, 0.2) is 5.13 Å². The van der Waals surface area contributed by atoms with Gasteiger partial charge in [0.2, 0.25) is 0 Å². The lowest BCUT2D eigenvalue weighted by atomic mass is 10.2. The molecule has 0 saturated carbocycles. The number of aromatic nitrogens is 3. The van der Waals surface area contributed by atoms with Gasteiger partial charge in [-0.3, -0.25) is 14.4 Å². The first-order chi connectivity index (χ1) is 13.5. The average Bonchev–Trinajstić information content (AvgIpc) is 3.26. The fourth-order valence-electron chi connectivity index (χ4n) is 3.34. The van der Waals surface area contributed by atoms with Gasteiger partial charge in [0, 0.05) is 20.1 Å². The molecule has 0 aliphatic heterocycles. The Hall–Kier alpha value is -2.25. The Morgan fingerprint density at radius 2 is 1.93 bits per heavy atom. The van der Waals surface area contributed by atoms with Crippen LogP contribution in [0.25, 0.3) is 10.2 Å². The van der Waals surface area contributed by atoms with Crippen LogP contribution in [0.3, 0.4) is 0 Å². The summed E-state index contributed by atoms with van der Waals surface area (Å²) in [5.74, 6) is -0.0422. The molecule has 0 aliphatic carbocycles. The molecule has 28 heavy (non-hydrogen) atoms. The van der Waals surface area contributed by atoms with Crippen molar-refractivity contribution in [2.75, 3.05) is 31.1 Å². The maximum absolute atomic E-state index is 13.5. The molecular formula is C21H29N5OS. The highest BCUT2D eigenvalue weighted by Crippen LogP contribution is 2.31. The smallest absolute Gasteiger partial charge is 0.278 e. The normalized spacial score (nSPS) is 11.5. The molecule has 0 spiro atoms. The van der Waals surface area contributed by atoms with Crippen molar-refractivity contribution in [1.29, 1.82) is 0 Å². The van der Waals surface area contributed by atoms with E-state index < -0.39 is 0 Å². The van der Waals surface area contributed by atoms with E-state index in [1.807, 2.05) is 18.9 Å². The van der Waals surface area contributed by atoms with Gasteiger partial charge in [0.1, 0.15) is 5.69 Å². The number of benzene rings is 1. The number of likely N-dealkylation sites (N-methyl/N-ethyl adjacent to an activating group) is 1. The molecule has 1 aromatic carbocycles. The van der Waals surface area contributed by atoms with Crippen LogP contribution in [-0.2, 0) is 13.5 Å². The van der Waals surface area contributed by atoms with Crippen LogP contribution in [0.1, 0.15) is 42.4 Å². The Morgan fingerprint density at radius 3 is 2.54 bits per heavy atom. The second kappa shape index (κ2) is 8.84. The number of hydrogen-bond acceptors (Lipinski definition) is 5. The Labute approximate surface area is 170 Å². The number of amides is 1. The number of carbonyl (C=O) groups excluding carboxylic acids is 1. The number of anilines is 1. The monoisotopic (exact) mass is 399 g/mol. The summed E-state index contributed by atoms with van der Waals surface area (Å²) in [7, 11) is 1.81. The summed E-state index contributed by atoms with van der Waals surface area (Å²) in [6.07, 6.45) is 2.73. The lowest BCUT2D eigenvalue weighted by Gasteiger charge is -2.25. The number of thiazole rings is 1. The van der Waals surface area contributed by atoms with Crippen LogP contribution < -0.4 is 4.90 Å². The molecule has 3 aromatic rings. The zero-order valence-electron chi connectivity index (χ0n) is 17.4. The summed E-state index contributed by atoms with van der Waals surface area (Å²) in [4.78, 5) is 22.4. The number of fused-ring (bicyclic) bond motifs is 1. The second-order valence-corrected chi connectivity index (χ2v) is 7.94. The van der Waals surface area contributed by atoms with E-state index in [0.717, 1.165) is 47.0 Å². The molecule has 0 saturated heterocycles. The molecule has 0 N–H and O–H groups in total. The molecule has 3 rings (SSSR count). The van der Waals surface area contributed by atoms with Gasteiger partial charge < -0.3 is 4.90 Å². The van der Waals surface area contributed by atoms with Crippen LogP contribution in [-0.4, -0.2) is 51.8 Å². The summed E-state index contributed by atoms with van der Waals surface area (Å²) in [6, 6.07) is 6.34. The lowest BCUT2D eigenvalue weighted by Crippen LogP contribution is -2.39. The highest BCUT2D eigenvalue weighted by molar-refractivity contribution is 7.22. The molecule has 1 amide bonds. The zero-order chi connectivity index (χ0) is 20.3. The molecule has 0 unspecified atom stereocenters. The van der Waals surface area contributed by atoms with Gasteiger partial charge in [-0.1, -0.05) is 38.2 Å². The van der Waals surface area contributed by atoms with E-state index in [2.05, 4.69) is 49.0 Å². The molecule has 0 fully saturated rings. The average molecular weight is 400 g/mol. The van der Waals surface area contributed by atoms with Gasteiger partial charge in [0.25, 0.3) is 5.91 Å². The molecule has 150 valence electrons. The summed E-state index contributed by atoms with van der Waals surface area (Å²) >= 11 is 1.58. The van der Waals surface area contributed by atoms with Crippen LogP contribution in [0.2, 0.25) is 0 Å². The Bertz CT molecular complexity index is 938. The fraction of sp³-hybridized carbons (Fsp3) is 0.476. The minimum Gasteiger partial charge on any atom is -0.302 e. The number of rotatable bonds is 8. The predicted molar refractivity (Wildman–Crippen MR) is 116 cm³/mol. The molecular weight excluding hydrogens is 370 g/mol. The van der Waals surface area contributed by atoms with Crippen molar-refractivity contribution in [1.82, 2.24) is 19.7 Å². The summed E-state index contributed by atoms with van der Waals surface area (Å²) in [5, 5.41) is 5.00. The van der Waals surface area contributed by atoms with E-state index in [9.17, 15) is 4.79 Å². The van der Waals surface area contributed by atoms with Gasteiger partial charge in [-0.15, -0.1) is 0 Å². The molecule has 0 radical (unpaired) electrons. The van der Waals surface area contributed by atoms with E-state index in [1.54, 1.807) is 22.2 Å². The Morgan fingerprint density at radius 1 is 1.18 bits per heavy atom. The molecule has 6 nitrogen and oxygen atoms in total. The van der Waals surface area contributed by atoms with Crippen molar-refractivity contribution in [3.63, 3.8) is 0 Å². The first-order valence-corrected chi connectivity index (χ1v) is 10.7. The van der Waals surface area contributed by atoms with Crippen molar-refractivity contribution < 1.29 is 4.79 Å². The summed E-state index contributed by atoms with van der Waals surface area (Å²) in [6.45, 7) is 11.7. The van der Waals surface area contributed by atoms with Gasteiger partial charge in [-0.2, -0.15) is 5.10 Å². The molecule has 0 atom stereocenters. The second-order valence-electron chi connectivity index (χ2n) is 6.94. The van der Waals surface area contributed by atoms with Crippen molar-refractivity contribution in [3.8, 4) is 0 Å². The van der Waals surface area contributed by atoms with Crippen LogP contribution in [0.4, 0.5) is 5.13 Å². The number of hydrogen-bond donors (Lipinski definition) is 0. The maximum Gasteiger partial charge on any atom is 0.278 e. The van der Waals surface area contributed by atoms with E-state index in [1.165, 1.54) is 5.56 Å². The standard InChI is InChI=1S/C21H29N5OS/c1-6-16-9-10-17-18(13-16)28-21(23-17)26(12-11-25(7-2)8-3)20(27)19-15(4)14-22-24(19)5/h9-10,13-14H,6-8,11-12H2,1-5H3. The van der Waals surface area contributed by atoms with E-state index in [4.69, 9.17) is 4.98 Å². The maximum atomic E-state index is 13.5. The number of aryl methyl sites for hydroxylation is 3. The highest BCUT2D eigenvalue weighted by Gasteiger charge is 2.25. The van der Waals surface area contributed by atoms with Crippen LogP contribution in [0, 0.1) is 6.92 Å². The largest absolute Gasteiger partial charge is 0.302 e. The van der Waals surface area contributed by atoms with Gasteiger partial charge in [-0.05, 0) is 49.7 Å². The lowest BCUT2D eigenvalue weighted by molar-refractivity contribution is 0.0974. The van der Waals surface area contributed by atoms with Gasteiger partial charge in [0.05, 0.1) is 16.4 Å². The quantitative estimate of drug-likeness (QED) is 0.577. The first-order valence-electron chi connectivity index (χ1n) is 9.90. The third-order valence-electron chi connectivity index (χ3n) is 5.18. The Kier molecular flexibility index (Phi) is 6.46. The predicted octanol–water partition coefficient (Wildman–Crippen LogP) is 3.89. The highest BCUT2D eigenvalue weighted by atomic mass is 32.1. The van der Waals surface area contributed by atoms with E-state index >= 15 is 0 Å². The van der Waals surface area contributed by atoms with Gasteiger partial charge in [-0.25, -0.2) is 4.98 Å². The third kappa shape index (κ3) is 4.10. The topological polar surface area (TPSA) is 54.3 Å². The van der Waals surface area contributed by atoms with Crippen LogP contribution in [0.15, 0.2) is 24.4 Å². The summed E-state index contributed by atoms with van der Waals surface area (Å²) in [5.41, 5.74) is 3.73. The van der Waals surface area contributed by atoms with E-state index in [-0.39, 0.29) is 5.91 Å². The van der Waals surface area contributed by atoms with Crippen molar-refractivity contribution in [3.05, 3.63) is 41.2 Å². The SMILES string of the molecule is CCc1ccc2nc(N(CCN(CC)CC)C(=O)c3c(C)cnn3C)sc2c1. The fourth-order valence-corrected chi connectivity index (χ4v) is 4.39. The third-order valence-corrected chi connectivity index (χ3v) is 6.23. The van der Waals surface area contributed by atoms with Crippen molar-refractivity contribution in [2.24, 2.45) is 7.05 Å². The zero-order valence-corrected chi connectivity index (χ0v) is 18.2.